The van der Waals surface area contributed by atoms with Gasteiger partial charge in [0.2, 0.25) is 5.76 Å². The van der Waals surface area contributed by atoms with E-state index in [-0.39, 0.29) is 11.3 Å². The molecule has 1 aromatic carbocycles. The normalized spacial score (nSPS) is 10.7. The van der Waals surface area contributed by atoms with E-state index in [9.17, 15) is 9.59 Å². The highest BCUT2D eigenvalue weighted by Crippen LogP contribution is 2.15. The van der Waals surface area contributed by atoms with Crippen LogP contribution in [0.1, 0.15) is 22.5 Å². The maximum Gasteiger partial charge on any atom is 0.371 e. The van der Waals surface area contributed by atoms with Crippen LogP contribution in [-0.2, 0) is 0 Å². The fraction of sp³-hybridized carbons (Fsp3) is 0.143. The van der Waals surface area contributed by atoms with Gasteiger partial charge in [-0.2, -0.15) is 0 Å². The molecule has 0 aliphatic heterocycles. The molecule has 2 rings (SSSR count). The maximum atomic E-state index is 11.9. The summed E-state index contributed by atoms with van der Waals surface area (Å²) in [7, 11) is 0. The number of carboxylic acid groups (broad SMARTS) is 1. The minimum absolute atomic E-state index is 0.228. The van der Waals surface area contributed by atoms with Crippen LogP contribution < -0.4 is 5.43 Å². The highest BCUT2D eigenvalue weighted by Gasteiger charge is 2.10. The van der Waals surface area contributed by atoms with Gasteiger partial charge in [-0.25, -0.2) is 4.79 Å². The Balaban J connectivity index is 2.32. The molecule has 0 aliphatic carbocycles. The lowest BCUT2D eigenvalue weighted by molar-refractivity contribution is 0.0663. The van der Waals surface area contributed by atoms with E-state index < -0.39 is 11.4 Å². The van der Waals surface area contributed by atoms with Crippen molar-refractivity contribution in [2.24, 2.45) is 5.11 Å². The molecule has 106 valence electrons. The van der Waals surface area contributed by atoms with Gasteiger partial charge >= 0.3 is 5.97 Å². The van der Waals surface area contributed by atoms with Gasteiger partial charge in [-0.15, -0.1) is 0 Å². The van der Waals surface area contributed by atoms with E-state index in [1.54, 1.807) is 24.3 Å². The van der Waals surface area contributed by atoms with Crippen LogP contribution in [0.2, 0.25) is 0 Å². The van der Waals surface area contributed by atoms with Crippen LogP contribution in [0.4, 0.5) is 0 Å². The Hall–Kier alpha value is -3.05. The molecule has 0 amide bonds. The van der Waals surface area contributed by atoms with E-state index in [0.29, 0.717) is 18.4 Å². The Bertz CT molecular complexity index is 817. The molecule has 0 unspecified atom stereocenters. The third kappa shape index (κ3) is 3.49. The second-order valence-electron chi connectivity index (χ2n) is 4.18. The number of aromatic carboxylic acids is 1. The number of rotatable bonds is 5. The van der Waals surface area contributed by atoms with Crippen LogP contribution in [0.5, 0.6) is 0 Å². The molecule has 0 bridgehead atoms. The van der Waals surface area contributed by atoms with Gasteiger partial charge in [0.1, 0.15) is 5.58 Å². The fourth-order valence-electron chi connectivity index (χ4n) is 1.78. The van der Waals surface area contributed by atoms with Crippen molar-refractivity contribution in [2.45, 2.75) is 6.42 Å². The minimum Gasteiger partial charge on any atom is -0.475 e. The number of carboxylic acids is 1. The van der Waals surface area contributed by atoms with E-state index in [4.69, 9.17) is 15.1 Å². The van der Waals surface area contributed by atoms with Crippen molar-refractivity contribution in [3.05, 3.63) is 62.3 Å². The molecule has 0 spiro atoms. The Kier molecular flexibility index (Phi) is 4.38. The van der Waals surface area contributed by atoms with Crippen LogP contribution in [0.3, 0.4) is 0 Å². The lowest BCUT2D eigenvalue weighted by Gasteiger charge is -2.00. The fourth-order valence-corrected chi connectivity index (χ4v) is 1.78. The standard InChI is InChI=1S/C14H11N3O4/c15-17-16-6-2-1-3-9-4-5-12-10(7-9)11(18)8-13(21-12)14(19)20/h1,3-5,7-8H,2,6H2,(H,19,20). The van der Waals surface area contributed by atoms with Gasteiger partial charge in [-0.05, 0) is 29.6 Å². The van der Waals surface area contributed by atoms with Gasteiger partial charge in [-0.3, -0.25) is 4.79 Å². The number of hydrogen-bond acceptors (Lipinski definition) is 4. The lowest BCUT2D eigenvalue weighted by atomic mass is 10.1. The Morgan fingerprint density at radius 1 is 1.43 bits per heavy atom. The predicted octanol–water partition coefficient (Wildman–Crippen LogP) is 3.20. The van der Waals surface area contributed by atoms with Crippen molar-refractivity contribution in [2.75, 3.05) is 6.54 Å². The number of fused-ring (bicyclic) bond motifs is 1. The zero-order chi connectivity index (χ0) is 15.2. The van der Waals surface area contributed by atoms with Gasteiger partial charge in [0, 0.05) is 17.5 Å². The number of nitrogens with zero attached hydrogens (tertiary/aromatic N) is 3. The second kappa shape index (κ2) is 6.40. The van der Waals surface area contributed by atoms with Crippen LogP contribution in [-0.4, -0.2) is 17.6 Å². The van der Waals surface area contributed by atoms with E-state index in [1.165, 1.54) is 0 Å². The van der Waals surface area contributed by atoms with Crippen molar-refractivity contribution < 1.29 is 14.3 Å². The van der Waals surface area contributed by atoms with Gasteiger partial charge in [0.05, 0.1) is 5.39 Å². The number of hydrogen-bond donors (Lipinski definition) is 1. The molecule has 2 aromatic rings. The highest BCUT2D eigenvalue weighted by molar-refractivity contribution is 5.88. The van der Waals surface area contributed by atoms with Crippen molar-refractivity contribution in [1.29, 1.82) is 0 Å². The topological polar surface area (TPSA) is 116 Å². The van der Waals surface area contributed by atoms with Crippen LogP contribution in [0.25, 0.3) is 27.5 Å². The SMILES string of the molecule is [N-]=[N+]=NCCC=Cc1ccc2oc(C(=O)O)cc(=O)c2c1. The first-order valence-corrected chi connectivity index (χ1v) is 6.10. The summed E-state index contributed by atoms with van der Waals surface area (Å²) in [5, 5.41) is 12.6. The summed E-state index contributed by atoms with van der Waals surface area (Å²) in [6, 6.07) is 5.84. The number of benzene rings is 1. The summed E-state index contributed by atoms with van der Waals surface area (Å²) in [4.78, 5) is 25.3. The molecule has 0 aliphatic rings. The van der Waals surface area contributed by atoms with Crippen LogP contribution in [0, 0.1) is 0 Å². The molecule has 0 fully saturated rings. The number of carbonyl (C=O) groups is 1. The highest BCUT2D eigenvalue weighted by atomic mass is 16.4. The first kappa shape index (κ1) is 14.4. The average molecular weight is 285 g/mol. The van der Waals surface area contributed by atoms with Crippen molar-refractivity contribution in [3.8, 4) is 0 Å². The molecule has 1 aromatic heterocycles. The summed E-state index contributed by atoms with van der Waals surface area (Å²) >= 11 is 0. The Morgan fingerprint density at radius 2 is 2.24 bits per heavy atom. The van der Waals surface area contributed by atoms with Crippen molar-refractivity contribution >= 4 is 23.0 Å². The molecule has 1 heterocycles. The summed E-state index contributed by atoms with van der Waals surface area (Å²) in [6.45, 7) is 0.366. The summed E-state index contributed by atoms with van der Waals surface area (Å²) < 4.78 is 5.14. The first-order valence-electron chi connectivity index (χ1n) is 6.10. The summed E-state index contributed by atoms with van der Waals surface area (Å²) in [6.07, 6.45) is 4.20. The molecule has 7 heteroatoms. The van der Waals surface area contributed by atoms with E-state index in [0.717, 1.165) is 11.6 Å². The smallest absolute Gasteiger partial charge is 0.371 e. The third-order valence-corrected chi connectivity index (χ3v) is 2.73. The molecular weight excluding hydrogens is 274 g/mol. The molecule has 21 heavy (non-hydrogen) atoms. The van der Waals surface area contributed by atoms with E-state index in [1.807, 2.05) is 6.08 Å². The van der Waals surface area contributed by atoms with Gasteiger partial charge < -0.3 is 9.52 Å². The quantitative estimate of drug-likeness (QED) is 0.393. The van der Waals surface area contributed by atoms with Crippen LogP contribution in [0.15, 0.2) is 44.7 Å². The molecule has 0 atom stereocenters. The molecule has 7 nitrogen and oxygen atoms in total. The third-order valence-electron chi connectivity index (χ3n) is 2.73. The molecule has 0 saturated carbocycles. The lowest BCUT2D eigenvalue weighted by Crippen LogP contribution is -2.06. The van der Waals surface area contributed by atoms with Crippen LogP contribution >= 0.6 is 0 Å². The zero-order valence-corrected chi connectivity index (χ0v) is 10.9. The molecular formula is C14H11N3O4. The largest absolute Gasteiger partial charge is 0.475 e. The Labute approximate surface area is 118 Å². The predicted molar refractivity (Wildman–Crippen MR) is 77.1 cm³/mol. The molecule has 0 radical (unpaired) electrons. The average Bonchev–Trinajstić information content (AvgIpc) is 2.47. The van der Waals surface area contributed by atoms with Crippen molar-refractivity contribution in [1.82, 2.24) is 0 Å². The van der Waals surface area contributed by atoms with Crippen molar-refractivity contribution in [3.63, 3.8) is 0 Å². The summed E-state index contributed by atoms with van der Waals surface area (Å²) in [5.74, 6) is -1.67. The summed E-state index contributed by atoms with van der Waals surface area (Å²) in [5.41, 5.74) is 8.74. The Morgan fingerprint density at radius 3 is 2.95 bits per heavy atom. The van der Waals surface area contributed by atoms with E-state index in [2.05, 4.69) is 10.0 Å². The second-order valence-corrected chi connectivity index (χ2v) is 4.18. The molecule has 1 N–H and O–H groups in total. The zero-order valence-electron chi connectivity index (χ0n) is 10.9. The minimum atomic E-state index is -1.28. The van der Waals surface area contributed by atoms with Gasteiger partial charge in [-0.1, -0.05) is 23.3 Å². The van der Waals surface area contributed by atoms with E-state index >= 15 is 0 Å². The monoisotopic (exact) mass is 285 g/mol. The molecule has 0 saturated heterocycles. The van der Waals surface area contributed by atoms with Gasteiger partial charge in [0.15, 0.2) is 5.43 Å². The maximum absolute atomic E-state index is 11.9. The van der Waals surface area contributed by atoms with Gasteiger partial charge in [0.25, 0.3) is 0 Å². The first-order chi connectivity index (χ1) is 10.1. The number of azide groups is 1.